The van der Waals surface area contributed by atoms with Crippen LogP contribution in [0, 0.1) is 6.92 Å². The van der Waals surface area contributed by atoms with Crippen molar-refractivity contribution in [2.45, 2.75) is 26.2 Å². The van der Waals surface area contributed by atoms with Crippen molar-refractivity contribution in [3.8, 4) is 0 Å². The highest BCUT2D eigenvalue weighted by Crippen LogP contribution is 2.18. The van der Waals surface area contributed by atoms with Crippen molar-refractivity contribution < 1.29 is 4.79 Å². The van der Waals surface area contributed by atoms with E-state index >= 15 is 0 Å². The van der Waals surface area contributed by atoms with Gasteiger partial charge in [0.1, 0.15) is 0 Å². The molecule has 19 heavy (non-hydrogen) atoms. The maximum absolute atomic E-state index is 12.0. The van der Waals surface area contributed by atoms with Crippen LogP contribution in [0.3, 0.4) is 0 Å². The smallest absolute Gasteiger partial charge is 0.252 e. The molecule has 1 aliphatic heterocycles. The van der Waals surface area contributed by atoms with Crippen molar-refractivity contribution in [1.29, 1.82) is 0 Å². The Hall–Kier alpha value is -0.870. The largest absolute Gasteiger partial charge is 0.352 e. The van der Waals surface area contributed by atoms with Gasteiger partial charge in [0.2, 0.25) is 0 Å². The van der Waals surface area contributed by atoms with E-state index in [4.69, 9.17) is 0 Å². The Morgan fingerprint density at radius 3 is 2.79 bits per heavy atom. The first-order valence-electron chi connectivity index (χ1n) is 6.93. The molecule has 1 heterocycles. The summed E-state index contributed by atoms with van der Waals surface area (Å²) >= 11 is 3.44. The minimum absolute atomic E-state index is 0.00768. The number of halogens is 1. The van der Waals surface area contributed by atoms with Crippen LogP contribution in [0.2, 0.25) is 0 Å². The fraction of sp³-hybridized carbons (Fsp3) is 0.533. The predicted octanol–water partition coefficient (Wildman–Crippen LogP) is 2.97. The van der Waals surface area contributed by atoms with Crippen LogP contribution in [-0.4, -0.2) is 37.0 Å². The van der Waals surface area contributed by atoms with E-state index in [9.17, 15) is 4.79 Å². The number of carbonyl (C=O) groups is 1. The van der Waals surface area contributed by atoms with Crippen molar-refractivity contribution in [2.24, 2.45) is 0 Å². The van der Waals surface area contributed by atoms with Crippen LogP contribution in [0.5, 0.6) is 0 Å². The van der Waals surface area contributed by atoms with Crippen LogP contribution in [0.25, 0.3) is 0 Å². The van der Waals surface area contributed by atoms with Crippen LogP contribution in [-0.2, 0) is 0 Å². The molecule has 4 heteroatoms. The van der Waals surface area contributed by atoms with Crippen LogP contribution in [0.15, 0.2) is 22.7 Å². The number of aryl methyl sites for hydroxylation is 1. The number of amides is 1. The number of rotatable bonds is 5. The monoisotopic (exact) mass is 324 g/mol. The van der Waals surface area contributed by atoms with Gasteiger partial charge in [-0.05, 0) is 79.4 Å². The molecule has 0 spiro atoms. The Morgan fingerprint density at radius 1 is 1.37 bits per heavy atom. The van der Waals surface area contributed by atoms with E-state index < -0.39 is 0 Å². The highest BCUT2D eigenvalue weighted by Gasteiger charge is 2.12. The Labute approximate surface area is 123 Å². The minimum Gasteiger partial charge on any atom is -0.352 e. The van der Waals surface area contributed by atoms with Crippen LogP contribution < -0.4 is 5.32 Å². The molecule has 0 bridgehead atoms. The molecule has 1 aromatic rings. The zero-order valence-electron chi connectivity index (χ0n) is 11.4. The first kappa shape index (κ1) is 14.5. The molecule has 0 radical (unpaired) electrons. The van der Waals surface area contributed by atoms with Gasteiger partial charge in [-0.2, -0.15) is 0 Å². The lowest BCUT2D eigenvalue weighted by Crippen LogP contribution is -2.28. The summed E-state index contributed by atoms with van der Waals surface area (Å²) in [6.07, 6.45) is 3.67. The highest BCUT2D eigenvalue weighted by atomic mass is 79.9. The van der Waals surface area contributed by atoms with Crippen molar-refractivity contribution >= 4 is 21.8 Å². The minimum atomic E-state index is 0.00768. The number of likely N-dealkylation sites (tertiary alicyclic amines) is 1. The molecule has 0 aliphatic carbocycles. The van der Waals surface area contributed by atoms with E-state index in [0.717, 1.165) is 29.5 Å². The molecule has 3 nitrogen and oxygen atoms in total. The second kappa shape index (κ2) is 7.06. The van der Waals surface area contributed by atoms with Crippen molar-refractivity contribution in [1.82, 2.24) is 10.2 Å². The first-order chi connectivity index (χ1) is 9.16. The molecule has 1 N–H and O–H groups in total. The molecule has 1 aliphatic rings. The average molecular weight is 325 g/mol. The number of hydrogen-bond acceptors (Lipinski definition) is 2. The number of benzene rings is 1. The van der Waals surface area contributed by atoms with E-state index in [1.165, 1.54) is 25.9 Å². The van der Waals surface area contributed by atoms with Gasteiger partial charge in [0, 0.05) is 11.0 Å². The molecule has 0 saturated carbocycles. The maximum atomic E-state index is 12.0. The highest BCUT2D eigenvalue weighted by molar-refractivity contribution is 9.10. The molecule has 0 unspecified atom stereocenters. The summed E-state index contributed by atoms with van der Waals surface area (Å²) < 4.78 is 0.865. The molecule has 2 rings (SSSR count). The summed E-state index contributed by atoms with van der Waals surface area (Å²) in [4.78, 5) is 14.5. The standard InChI is InChI=1S/C15H21BrN2O/c1-12-5-6-13(14(16)11-12)15(19)17-7-4-10-18-8-2-3-9-18/h5-6,11H,2-4,7-10H2,1H3,(H,17,19). The molecule has 1 saturated heterocycles. The van der Waals surface area contributed by atoms with Crippen molar-refractivity contribution in [3.05, 3.63) is 33.8 Å². The van der Waals surface area contributed by atoms with Gasteiger partial charge in [-0.3, -0.25) is 4.79 Å². The molecular formula is C15H21BrN2O. The number of hydrogen-bond donors (Lipinski definition) is 1. The van der Waals surface area contributed by atoms with Gasteiger partial charge in [-0.15, -0.1) is 0 Å². The Morgan fingerprint density at radius 2 is 2.11 bits per heavy atom. The predicted molar refractivity (Wildman–Crippen MR) is 81.5 cm³/mol. The fourth-order valence-corrected chi connectivity index (χ4v) is 3.08. The molecule has 0 atom stereocenters. The summed E-state index contributed by atoms with van der Waals surface area (Å²) in [7, 11) is 0. The normalized spacial score (nSPS) is 15.7. The summed E-state index contributed by atoms with van der Waals surface area (Å²) in [6, 6.07) is 5.80. The quantitative estimate of drug-likeness (QED) is 0.844. The molecule has 1 amide bonds. The maximum Gasteiger partial charge on any atom is 0.252 e. The number of nitrogens with one attached hydrogen (secondary N) is 1. The van der Waals surface area contributed by atoms with Crippen molar-refractivity contribution in [2.75, 3.05) is 26.2 Å². The molecule has 1 fully saturated rings. The van der Waals surface area contributed by atoms with E-state index in [2.05, 4.69) is 26.1 Å². The topological polar surface area (TPSA) is 32.3 Å². The third-order valence-electron chi connectivity index (χ3n) is 3.50. The molecular weight excluding hydrogens is 304 g/mol. The fourth-order valence-electron chi connectivity index (χ4n) is 2.41. The van der Waals surface area contributed by atoms with E-state index in [-0.39, 0.29) is 5.91 Å². The lowest BCUT2D eigenvalue weighted by atomic mass is 10.1. The van der Waals surface area contributed by atoms with Crippen LogP contribution in [0.1, 0.15) is 35.2 Å². The zero-order valence-corrected chi connectivity index (χ0v) is 13.0. The van der Waals surface area contributed by atoms with Gasteiger partial charge in [0.15, 0.2) is 0 Å². The summed E-state index contributed by atoms with van der Waals surface area (Å²) in [5, 5.41) is 2.99. The average Bonchev–Trinajstić information content (AvgIpc) is 2.87. The Kier molecular flexibility index (Phi) is 5.40. The second-order valence-corrected chi connectivity index (χ2v) is 6.00. The number of carbonyl (C=O) groups excluding carboxylic acids is 1. The number of nitrogens with zero attached hydrogens (tertiary/aromatic N) is 1. The first-order valence-corrected chi connectivity index (χ1v) is 7.73. The molecule has 0 aromatic heterocycles. The van der Waals surface area contributed by atoms with E-state index in [1.54, 1.807) is 0 Å². The summed E-state index contributed by atoms with van der Waals surface area (Å²) in [5.41, 5.74) is 1.87. The van der Waals surface area contributed by atoms with Gasteiger partial charge in [0.25, 0.3) is 5.91 Å². The van der Waals surface area contributed by atoms with E-state index in [1.807, 2.05) is 25.1 Å². The zero-order chi connectivity index (χ0) is 13.7. The van der Waals surface area contributed by atoms with Crippen LogP contribution >= 0.6 is 15.9 Å². The summed E-state index contributed by atoms with van der Waals surface area (Å²) in [5.74, 6) is 0.00768. The molecule has 104 valence electrons. The third-order valence-corrected chi connectivity index (χ3v) is 4.16. The van der Waals surface area contributed by atoms with Crippen LogP contribution in [0.4, 0.5) is 0 Å². The SMILES string of the molecule is Cc1ccc(C(=O)NCCCN2CCCC2)c(Br)c1. The van der Waals surface area contributed by atoms with Crippen molar-refractivity contribution in [3.63, 3.8) is 0 Å². The van der Waals surface area contributed by atoms with E-state index in [0.29, 0.717) is 5.56 Å². The lowest BCUT2D eigenvalue weighted by Gasteiger charge is -2.14. The lowest BCUT2D eigenvalue weighted by molar-refractivity contribution is 0.0951. The third kappa shape index (κ3) is 4.32. The second-order valence-electron chi connectivity index (χ2n) is 5.14. The Bertz CT molecular complexity index is 442. The van der Waals surface area contributed by atoms with Gasteiger partial charge in [0.05, 0.1) is 5.56 Å². The summed E-state index contributed by atoms with van der Waals surface area (Å²) in [6.45, 7) is 6.29. The van der Waals surface area contributed by atoms with Gasteiger partial charge in [-0.25, -0.2) is 0 Å². The molecule has 1 aromatic carbocycles. The van der Waals surface area contributed by atoms with Gasteiger partial charge >= 0.3 is 0 Å². The van der Waals surface area contributed by atoms with Gasteiger partial charge < -0.3 is 10.2 Å². The Balaban J connectivity index is 1.74. The van der Waals surface area contributed by atoms with Gasteiger partial charge in [-0.1, -0.05) is 6.07 Å².